The van der Waals surface area contributed by atoms with E-state index in [0.717, 1.165) is 11.8 Å². The number of ether oxygens (including phenoxy) is 1. The predicted molar refractivity (Wildman–Crippen MR) is 131 cm³/mol. The predicted octanol–water partition coefficient (Wildman–Crippen LogP) is 2.08. The lowest BCUT2D eigenvalue weighted by Crippen LogP contribution is -2.62. The Bertz CT molecular complexity index is 1630. The summed E-state index contributed by atoms with van der Waals surface area (Å²) in [4.78, 5) is 57.7. The van der Waals surface area contributed by atoms with Gasteiger partial charge in [-0.15, -0.1) is 0 Å². The number of fused-ring (bicyclic) bond motifs is 3. The van der Waals surface area contributed by atoms with Crippen LogP contribution in [0.15, 0.2) is 41.2 Å². The molecule has 2 heterocycles. The second-order valence-electron chi connectivity index (χ2n) is 10.5. The van der Waals surface area contributed by atoms with Crippen molar-refractivity contribution in [3.8, 4) is 11.5 Å². The number of phosphoric ester groups is 1. The maximum atomic E-state index is 13.4. The van der Waals surface area contributed by atoms with Crippen molar-refractivity contribution in [2.75, 3.05) is 6.26 Å². The fourth-order valence-electron chi connectivity index (χ4n) is 5.74. The first-order valence-electron chi connectivity index (χ1n) is 11.4. The molecule has 0 fully saturated rings. The molecule has 1 aromatic rings. The number of carbonyl (C=O) groups is 3. The molecule has 2 aliphatic carbocycles. The third kappa shape index (κ3) is 3.60. The molecule has 14 heteroatoms. The van der Waals surface area contributed by atoms with E-state index < -0.39 is 69.0 Å². The van der Waals surface area contributed by atoms with Crippen LogP contribution in [0.3, 0.4) is 0 Å². The molecule has 1 aromatic carbocycles. The highest BCUT2D eigenvalue weighted by Crippen LogP contribution is 2.62. The smallest absolute Gasteiger partial charge is 0.476 e. The number of nitrogens with one attached hydrogen (secondary N) is 1. The van der Waals surface area contributed by atoms with Crippen LogP contribution in [-0.2, 0) is 30.1 Å². The molecule has 0 aromatic heterocycles. The first kappa shape index (κ1) is 26.4. The average molecular weight is 565 g/mol. The SMILES string of the molecule is CC1=CC=C2C(C)(C)C(=O)C(OS(C)(=O)=O)=CC23Oc2c(cc(OP(=O)(O)O)c4c2C(=O)NC4=O)CC13C. The van der Waals surface area contributed by atoms with E-state index in [1.807, 2.05) is 19.9 Å². The zero-order valence-electron chi connectivity index (χ0n) is 20.9. The summed E-state index contributed by atoms with van der Waals surface area (Å²) in [6.07, 6.45) is 5.73. The van der Waals surface area contributed by atoms with Gasteiger partial charge >= 0.3 is 17.9 Å². The van der Waals surface area contributed by atoms with Crippen LogP contribution in [0.1, 0.15) is 54.0 Å². The van der Waals surface area contributed by atoms with Crippen LogP contribution in [0, 0.1) is 10.8 Å². The molecule has 2 aliphatic heterocycles. The fourth-order valence-corrected chi connectivity index (χ4v) is 6.59. The lowest BCUT2D eigenvalue weighted by molar-refractivity contribution is -0.127. The van der Waals surface area contributed by atoms with Crippen molar-refractivity contribution >= 4 is 35.5 Å². The molecule has 5 rings (SSSR count). The van der Waals surface area contributed by atoms with Gasteiger partial charge in [-0.3, -0.25) is 29.5 Å². The maximum Gasteiger partial charge on any atom is 0.524 e. The van der Waals surface area contributed by atoms with Gasteiger partial charge in [0.05, 0.1) is 22.8 Å². The second kappa shape index (κ2) is 7.66. The Hall–Kier alpha value is -3.25. The molecule has 3 N–H and O–H groups in total. The summed E-state index contributed by atoms with van der Waals surface area (Å²) in [6, 6.07) is 1.24. The lowest BCUT2D eigenvalue weighted by atomic mass is 9.52. The van der Waals surface area contributed by atoms with Crippen molar-refractivity contribution in [3.63, 3.8) is 0 Å². The molecule has 38 heavy (non-hydrogen) atoms. The van der Waals surface area contributed by atoms with Crippen LogP contribution in [0.25, 0.3) is 0 Å². The van der Waals surface area contributed by atoms with Crippen molar-refractivity contribution in [2.45, 2.75) is 39.7 Å². The highest BCUT2D eigenvalue weighted by molar-refractivity contribution is 7.86. The zero-order chi connectivity index (χ0) is 28.2. The van der Waals surface area contributed by atoms with E-state index in [1.165, 1.54) is 12.1 Å². The molecule has 2 unspecified atom stereocenters. The van der Waals surface area contributed by atoms with Crippen LogP contribution < -0.4 is 14.6 Å². The van der Waals surface area contributed by atoms with Gasteiger partial charge in [0.25, 0.3) is 11.8 Å². The molecule has 2 amide bonds. The van der Waals surface area contributed by atoms with Gasteiger partial charge in [-0.2, -0.15) is 8.42 Å². The average Bonchev–Trinajstić information content (AvgIpc) is 3.04. The van der Waals surface area contributed by atoms with Gasteiger partial charge in [0.15, 0.2) is 11.4 Å². The summed E-state index contributed by atoms with van der Waals surface area (Å²) in [5.41, 5.74) is -2.96. The quantitative estimate of drug-likeness (QED) is 0.276. The number of benzene rings is 1. The van der Waals surface area contributed by atoms with Crippen LogP contribution >= 0.6 is 7.82 Å². The monoisotopic (exact) mass is 565 g/mol. The third-order valence-electron chi connectivity index (χ3n) is 7.66. The molecule has 0 bridgehead atoms. The number of imide groups is 1. The summed E-state index contributed by atoms with van der Waals surface area (Å²) in [5, 5.41) is 2.09. The van der Waals surface area contributed by atoms with Crippen molar-refractivity contribution in [1.29, 1.82) is 0 Å². The standard InChI is InChI=1S/C24H24NO11PS/c1-11-6-7-15-22(2,3)19(26)14(36-38(5,32)33)10-24(15)23(11,4)9-12-8-13(35-37(29,30)31)16-17(18(12)34-24)21(28)25-20(16)27/h6-8,10H,9H2,1-5H3,(H,25,27,28)(H2,29,30,31). The van der Waals surface area contributed by atoms with E-state index in [1.54, 1.807) is 19.9 Å². The topological polar surface area (TPSA) is 183 Å². The number of Topliss-reactive ketones (excluding diaryl/α,β-unsaturated/α-hetero) is 1. The minimum Gasteiger partial charge on any atom is -0.476 e. The summed E-state index contributed by atoms with van der Waals surface area (Å²) in [7, 11) is -9.22. The van der Waals surface area contributed by atoms with E-state index in [-0.39, 0.29) is 17.7 Å². The number of ketones is 1. The Labute approximate surface area is 217 Å². The number of hydrogen-bond acceptors (Lipinski definition) is 9. The molecule has 2 atom stereocenters. The highest BCUT2D eigenvalue weighted by Gasteiger charge is 2.64. The van der Waals surface area contributed by atoms with Crippen molar-refractivity contribution < 1.29 is 50.6 Å². The number of rotatable bonds is 4. The lowest BCUT2D eigenvalue weighted by Gasteiger charge is -2.57. The molecule has 1 spiro atoms. The first-order chi connectivity index (χ1) is 17.3. The molecule has 4 aliphatic rings. The summed E-state index contributed by atoms with van der Waals surface area (Å²) < 4.78 is 52.2. The molecular formula is C24H24NO11PS. The van der Waals surface area contributed by atoms with Crippen LogP contribution in [0.2, 0.25) is 0 Å². The van der Waals surface area contributed by atoms with Gasteiger partial charge in [-0.05, 0) is 44.4 Å². The van der Waals surface area contributed by atoms with Gasteiger partial charge in [0.1, 0.15) is 11.5 Å². The molecule has 202 valence electrons. The summed E-state index contributed by atoms with van der Waals surface area (Å²) in [6.45, 7) is 6.84. The largest absolute Gasteiger partial charge is 0.524 e. The van der Waals surface area contributed by atoms with E-state index in [2.05, 4.69) is 5.32 Å². The number of carbonyl (C=O) groups excluding carboxylic acids is 3. The minimum absolute atomic E-state index is 0.0559. The first-order valence-corrected chi connectivity index (χ1v) is 14.7. The van der Waals surface area contributed by atoms with Crippen LogP contribution in [-0.4, -0.2) is 47.7 Å². The van der Waals surface area contributed by atoms with Gasteiger partial charge in [-0.25, -0.2) is 4.57 Å². The van der Waals surface area contributed by atoms with Gasteiger partial charge in [-0.1, -0.05) is 24.6 Å². The molecular weight excluding hydrogens is 541 g/mol. The normalized spacial score (nSPS) is 27.4. The van der Waals surface area contributed by atoms with Crippen LogP contribution in [0.5, 0.6) is 11.5 Å². The Morgan fingerprint density at radius 3 is 2.32 bits per heavy atom. The third-order valence-corrected chi connectivity index (χ3v) is 8.57. The van der Waals surface area contributed by atoms with E-state index in [9.17, 15) is 37.2 Å². The van der Waals surface area contributed by atoms with E-state index in [4.69, 9.17) is 13.4 Å². The number of allylic oxidation sites excluding steroid dienone is 3. The molecule has 12 nitrogen and oxygen atoms in total. The maximum absolute atomic E-state index is 13.4. The van der Waals surface area contributed by atoms with Gasteiger partial charge < -0.3 is 13.4 Å². The fraction of sp³-hybridized carbons (Fsp3) is 0.375. The van der Waals surface area contributed by atoms with Crippen LogP contribution in [0.4, 0.5) is 0 Å². The van der Waals surface area contributed by atoms with Crippen molar-refractivity contribution in [3.05, 3.63) is 57.9 Å². The zero-order valence-corrected chi connectivity index (χ0v) is 22.7. The Morgan fingerprint density at radius 2 is 1.71 bits per heavy atom. The molecule has 0 saturated heterocycles. The number of amides is 2. The Balaban J connectivity index is 1.84. The van der Waals surface area contributed by atoms with Gasteiger partial charge in [0, 0.05) is 11.5 Å². The Kier molecular flexibility index (Phi) is 5.31. The van der Waals surface area contributed by atoms with E-state index in [0.29, 0.717) is 11.1 Å². The van der Waals surface area contributed by atoms with Gasteiger partial charge in [0.2, 0.25) is 5.78 Å². The number of hydrogen-bond donors (Lipinski definition) is 3. The van der Waals surface area contributed by atoms with E-state index >= 15 is 0 Å². The molecule has 0 saturated carbocycles. The second-order valence-corrected chi connectivity index (χ2v) is 13.2. The molecule has 0 radical (unpaired) electrons. The summed E-state index contributed by atoms with van der Waals surface area (Å²) in [5.74, 6) is -3.38. The highest BCUT2D eigenvalue weighted by atomic mass is 32.2. The number of phosphoric acid groups is 1. The van der Waals surface area contributed by atoms with Crippen molar-refractivity contribution in [2.24, 2.45) is 10.8 Å². The minimum atomic E-state index is -5.11. The van der Waals surface area contributed by atoms with Crippen molar-refractivity contribution in [1.82, 2.24) is 5.32 Å². The Morgan fingerprint density at radius 1 is 1.08 bits per heavy atom. The summed E-state index contributed by atoms with van der Waals surface area (Å²) >= 11 is 0.